The van der Waals surface area contributed by atoms with Gasteiger partial charge in [-0.25, -0.2) is 9.78 Å². The highest BCUT2D eigenvalue weighted by molar-refractivity contribution is 9.10. The SMILES string of the molecule is COC(=O)c1cccc(Cn2cc(-c3ccc(Cl)cc3Cl)nc2/C=C/c2ccc(Br)cc2)c1. The molecule has 0 radical (unpaired) electrons. The van der Waals surface area contributed by atoms with Crippen molar-refractivity contribution in [3.05, 3.63) is 110 Å². The normalized spacial score (nSPS) is 11.2. The van der Waals surface area contributed by atoms with Crippen molar-refractivity contribution in [1.29, 1.82) is 0 Å². The lowest BCUT2D eigenvalue weighted by atomic mass is 10.1. The smallest absolute Gasteiger partial charge is 0.337 e. The maximum absolute atomic E-state index is 11.9. The van der Waals surface area contributed by atoms with Crippen LogP contribution in [0.3, 0.4) is 0 Å². The van der Waals surface area contributed by atoms with Gasteiger partial charge in [-0.1, -0.05) is 69.5 Å². The van der Waals surface area contributed by atoms with E-state index in [1.807, 2.05) is 71.4 Å². The molecule has 0 N–H and O–H groups in total. The summed E-state index contributed by atoms with van der Waals surface area (Å²) in [6.07, 6.45) is 5.91. The average molecular weight is 542 g/mol. The maximum atomic E-state index is 11.9. The second-order valence-electron chi connectivity index (χ2n) is 7.31. The van der Waals surface area contributed by atoms with Crippen LogP contribution in [-0.2, 0) is 11.3 Å². The van der Waals surface area contributed by atoms with Gasteiger partial charge in [0.1, 0.15) is 5.82 Å². The molecule has 0 fully saturated rings. The number of carbonyl (C=O) groups excluding carboxylic acids is 1. The first-order chi connectivity index (χ1) is 15.9. The van der Waals surface area contributed by atoms with E-state index in [1.165, 1.54) is 7.11 Å². The number of methoxy groups -OCH3 is 1. The molecule has 4 aromatic rings. The van der Waals surface area contributed by atoms with Crippen LogP contribution in [0.1, 0.15) is 27.3 Å². The summed E-state index contributed by atoms with van der Waals surface area (Å²) in [6, 6.07) is 20.7. The summed E-state index contributed by atoms with van der Waals surface area (Å²) in [6.45, 7) is 0.517. The first-order valence-corrected chi connectivity index (χ1v) is 11.6. The molecule has 0 aliphatic rings. The molecule has 4 rings (SSSR count). The maximum Gasteiger partial charge on any atom is 0.337 e. The molecule has 33 heavy (non-hydrogen) atoms. The van der Waals surface area contributed by atoms with Crippen LogP contribution >= 0.6 is 39.1 Å². The van der Waals surface area contributed by atoms with Gasteiger partial charge < -0.3 is 9.30 Å². The molecule has 0 aliphatic carbocycles. The molecule has 0 unspecified atom stereocenters. The van der Waals surface area contributed by atoms with E-state index in [-0.39, 0.29) is 5.97 Å². The van der Waals surface area contributed by atoms with Gasteiger partial charge in [0.2, 0.25) is 0 Å². The number of imidazole rings is 1. The number of ether oxygens (including phenoxy) is 1. The molecule has 1 heterocycles. The number of hydrogen-bond donors (Lipinski definition) is 0. The lowest BCUT2D eigenvalue weighted by Crippen LogP contribution is -2.05. The van der Waals surface area contributed by atoms with E-state index in [0.717, 1.165) is 32.7 Å². The number of aromatic nitrogens is 2. The molecule has 3 aromatic carbocycles. The van der Waals surface area contributed by atoms with Gasteiger partial charge in [-0.3, -0.25) is 0 Å². The summed E-state index contributed by atoms with van der Waals surface area (Å²) in [7, 11) is 1.37. The summed E-state index contributed by atoms with van der Waals surface area (Å²) in [5, 5.41) is 1.10. The summed E-state index contributed by atoms with van der Waals surface area (Å²) < 4.78 is 7.89. The Hall–Kier alpha value is -2.86. The van der Waals surface area contributed by atoms with Crippen LogP contribution in [0.4, 0.5) is 0 Å². The lowest BCUT2D eigenvalue weighted by molar-refractivity contribution is 0.0600. The van der Waals surface area contributed by atoms with E-state index in [1.54, 1.807) is 18.2 Å². The van der Waals surface area contributed by atoms with Crippen molar-refractivity contribution in [2.45, 2.75) is 6.54 Å². The van der Waals surface area contributed by atoms with Crippen molar-refractivity contribution >= 4 is 57.3 Å². The molecular formula is C26H19BrCl2N2O2. The van der Waals surface area contributed by atoms with E-state index >= 15 is 0 Å². The predicted octanol–water partition coefficient (Wildman–Crippen LogP) is 7.62. The largest absolute Gasteiger partial charge is 0.465 e. The average Bonchev–Trinajstić information content (AvgIpc) is 3.20. The van der Waals surface area contributed by atoms with E-state index in [2.05, 4.69) is 15.9 Å². The number of rotatable bonds is 6. The van der Waals surface area contributed by atoms with Gasteiger partial charge in [-0.05, 0) is 59.7 Å². The molecular weight excluding hydrogens is 523 g/mol. The lowest BCUT2D eigenvalue weighted by Gasteiger charge is -2.07. The van der Waals surface area contributed by atoms with Gasteiger partial charge >= 0.3 is 5.97 Å². The topological polar surface area (TPSA) is 44.1 Å². The van der Waals surface area contributed by atoms with Gasteiger partial charge in [0.05, 0.1) is 23.4 Å². The molecule has 166 valence electrons. The third kappa shape index (κ3) is 5.74. The zero-order chi connectivity index (χ0) is 23.4. The molecule has 1 aromatic heterocycles. The molecule has 0 bridgehead atoms. The molecule has 0 saturated carbocycles. The highest BCUT2D eigenvalue weighted by atomic mass is 79.9. The van der Waals surface area contributed by atoms with Crippen molar-refractivity contribution in [2.75, 3.05) is 7.11 Å². The molecule has 0 aliphatic heterocycles. The van der Waals surface area contributed by atoms with Crippen LogP contribution in [0.15, 0.2) is 77.4 Å². The van der Waals surface area contributed by atoms with Gasteiger partial charge in [0.25, 0.3) is 0 Å². The Morgan fingerprint density at radius 1 is 1.06 bits per heavy atom. The Bertz CT molecular complexity index is 1330. The summed E-state index contributed by atoms with van der Waals surface area (Å²) in [5.74, 6) is 0.383. The predicted molar refractivity (Wildman–Crippen MR) is 138 cm³/mol. The first kappa shape index (κ1) is 23.3. The number of hydrogen-bond acceptors (Lipinski definition) is 3. The third-order valence-corrected chi connectivity index (χ3v) is 6.09. The fraction of sp³-hybridized carbons (Fsp3) is 0.0769. The summed E-state index contributed by atoms with van der Waals surface area (Å²) >= 11 is 16.0. The zero-order valence-corrected chi connectivity index (χ0v) is 20.7. The van der Waals surface area contributed by atoms with Gasteiger partial charge in [-0.15, -0.1) is 0 Å². The molecule has 0 saturated heterocycles. The minimum atomic E-state index is -0.369. The summed E-state index contributed by atoms with van der Waals surface area (Å²) in [4.78, 5) is 16.8. The minimum absolute atomic E-state index is 0.369. The Balaban J connectivity index is 1.73. The molecule has 4 nitrogen and oxygen atoms in total. The molecule has 7 heteroatoms. The van der Waals surface area contributed by atoms with Crippen LogP contribution in [0.2, 0.25) is 10.0 Å². The second-order valence-corrected chi connectivity index (χ2v) is 9.07. The minimum Gasteiger partial charge on any atom is -0.465 e. The third-order valence-electron chi connectivity index (χ3n) is 5.01. The number of esters is 1. The number of carbonyl (C=O) groups is 1. The highest BCUT2D eigenvalue weighted by Gasteiger charge is 2.13. The Labute approximate surface area is 210 Å². The van der Waals surface area contributed by atoms with E-state index < -0.39 is 0 Å². The van der Waals surface area contributed by atoms with Gasteiger partial charge in [0, 0.05) is 27.8 Å². The van der Waals surface area contributed by atoms with Crippen LogP contribution in [0, 0.1) is 0 Å². The second kappa shape index (κ2) is 10.4. The zero-order valence-electron chi connectivity index (χ0n) is 17.6. The standard InChI is InChI=1S/C26H19BrCl2N2O2/c1-33-26(32)19-4-2-3-18(13-19)15-31-16-24(22-11-10-21(28)14-23(22)29)30-25(31)12-7-17-5-8-20(27)9-6-17/h2-14,16H,15H2,1H3/b12-7+. The summed E-state index contributed by atoms with van der Waals surface area (Å²) in [5.41, 5.74) is 4.02. The Kier molecular flexibility index (Phi) is 7.33. The van der Waals surface area contributed by atoms with Crippen LogP contribution in [0.5, 0.6) is 0 Å². The Morgan fingerprint density at radius 3 is 2.58 bits per heavy atom. The Morgan fingerprint density at radius 2 is 1.85 bits per heavy atom. The van der Waals surface area contributed by atoms with E-state index in [0.29, 0.717) is 22.2 Å². The van der Waals surface area contributed by atoms with Crippen LogP contribution in [-0.4, -0.2) is 22.6 Å². The van der Waals surface area contributed by atoms with Crippen molar-refractivity contribution in [2.24, 2.45) is 0 Å². The van der Waals surface area contributed by atoms with E-state index in [9.17, 15) is 4.79 Å². The van der Waals surface area contributed by atoms with Crippen molar-refractivity contribution in [3.63, 3.8) is 0 Å². The van der Waals surface area contributed by atoms with Crippen molar-refractivity contribution in [3.8, 4) is 11.3 Å². The number of halogens is 3. The van der Waals surface area contributed by atoms with Crippen molar-refractivity contribution in [1.82, 2.24) is 9.55 Å². The molecule has 0 amide bonds. The van der Waals surface area contributed by atoms with Crippen LogP contribution in [0.25, 0.3) is 23.4 Å². The molecule has 0 spiro atoms. The highest BCUT2D eigenvalue weighted by Crippen LogP contribution is 2.30. The van der Waals surface area contributed by atoms with Gasteiger partial charge in [0.15, 0.2) is 0 Å². The molecule has 0 atom stereocenters. The fourth-order valence-electron chi connectivity index (χ4n) is 3.37. The monoisotopic (exact) mass is 540 g/mol. The van der Waals surface area contributed by atoms with Gasteiger partial charge in [-0.2, -0.15) is 0 Å². The number of benzene rings is 3. The van der Waals surface area contributed by atoms with Crippen LogP contribution < -0.4 is 0 Å². The quantitative estimate of drug-likeness (QED) is 0.236. The number of nitrogens with zero attached hydrogens (tertiary/aromatic N) is 2. The fourth-order valence-corrected chi connectivity index (χ4v) is 4.14. The van der Waals surface area contributed by atoms with E-state index in [4.69, 9.17) is 32.9 Å². The van der Waals surface area contributed by atoms with Crippen molar-refractivity contribution < 1.29 is 9.53 Å². The first-order valence-electron chi connectivity index (χ1n) is 10.1.